The summed E-state index contributed by atoms with van der Waals surface area (Å²) >= 11 is 12.0. The van der Waals surface area contributed by atoms with E-state index in [2.05, 4.69) is 4.72 Å². The summed E-state index contributed by atoms with van der Waals surface area (Å²) in [6, 6.07) is 10.0. The molecule has 0 unspecified atom stereocenters. The number of sulfonamides is 1. The van der Waals surface area contributed by atoms with Crippen LogP contribution in [0.25, 0.3) is 0 Å². The third-order valence-corrected chi connectivity index (χ3v) is 9.63. The Morgan fingerprint density at radius 2 is 1.53 bits per heavy atom. The monoisotopic (exact) mass is 521 g/mol. The van der Waals surface area contributed by atoms with Crippen LogP contribution in [0.1, 0.15) is 48.9 Å². The number of carbonyl (C=O) groups is 2. The van der Waals surface area contributed by atoms with Crippen LogP contribution in [0, 0.1) is 23.2 Å². The standard InChI is InChI=1S/C25H25Cl2NO5S/c26-19-2-4-20(5-3-19)28-34(31,32)22-10-18(1-6-21(22)27)24(30)33-14-23(29)25-11-15-7-16(12-25)9-17(8-15)13-25/h1-6,10,15-17,28H,7-9,11-14H2. The van der Waals surface area contributed by atoms with Crippen molar-refractivity contribution in [3.05, 3.63) is 58.1 Å². The van der Waals surface area contributed by atoms with Crippen molar-refractivity contribution in [3.8, 4) is 0 Å². The third kappa shape index (κ3) is 4.58. The van der Waals surface area contributed by atoms with Crippen LogP contribution < -0.4 is 4.72 Å². The number of carbonyl (C=O) groups excluding carboxylic acids is 2. The van der Waals surface area contributed by atoms with Gasteiger partial charge in [-0.1, -0.05) is 23.2 Å². The molecule has 1 N–H and O–H groups in total. The van der Waals surface area contributed by atoms with Crippen molar-refractivity contribution in [2.24, 2.45) is 23.2 Å². The molecule has 6 rings (SSSR count). The van der Waals surface area contributed by atoms with E-state index in [-0.39, 0.29) is 33.3 Å². The van der Waals surface area contributed by atoms with Gasteiger partial charge in [-0.2, -0.15) is 0 Å². The lowest BCUT2D eigenvalue weighted by Gasteiger charge is -2.55. The molecule has 4 bridgehead atoms. The Labute approximate surface area is 209 Å². The summed E-state index contributed by atoms with van der Waals surface area (Å²) in [5.74, 6) is 1.08. The van der Waals surface area contributed by atoms with Crippen LogP contribution in [-0.2, 0) is 19.6 Å². The number of benzene rings is 2. The highest BCUT2D eigenvalue weighted by molar-refractivity contribution is 7.92. The zero-order valence-electron chi connectivity index (χ0n) is 18.4. The minimum absolute atomic E-state index is 0.00818. The number of hydrogen-bond donors (Lipinski definition) is 1. The molecule has 2 aromatic carbocycles. The molecule has 4 aliphatic carbocycles. The van der Waals surface area contributed by atoms with Crippen LogP contribution in [0.15, 0.2) is 47.4 Å². The Hall–Kier alpha value is -2.09. The fourth-order valence-corrected chi connectivity index (χ4v) is 8.10. The van der Waals surface area contributed by atoms with E-state index in [4.69, 9.17) is 27.9 Å². The number of anilines is 1. The summed E-state index contributed by atoms with van der Waals surface area (Å²) in [6.45, 7) is -0.293. The molecule has 4 saturated carbocycles. The molecule has 34 heavy (non-hydrogen) atoms. The number of Topliss-reactive ketones (excluding diaryl/α,β-unsaturated/α-hetero) is 1. The molecule has 2 aromatic rings. The van der Waals surface area contributed by atoms with Crippen molar-refractivity contribution in [3.63, 3.8) is 0 Å². The highest BCUT2D eigenvalue weighted by Gasteiger charge is 2.54. The van der Waals surface area contributed by atoms with Gasteiger partial charge in [-0.05, 0) is 98.7 Å². The van der Waals surface area contributed by atoms with Crippen LogP contribution in [0.3, 0.4) is 0 Å². The van der Waals surface area contributed by atoms with Gasteiger partial charge in [-0.15, -0.1) is 0 Å². The SMILES string of the molecule is O=C(OCC(=O)C12CC3CC(CC(C3)C1)C2)c1ccc(Cl)c(S(=O)(=O)Nc2ccc(Cl)cc2)c1. The van der Waals surface area contributed by atoms with Gasteiger partial charge in [0.2, 0.25) is 0 Å². The Bertz CT molecular complexity index is 1210. The molecule has 0 radical (unpaired) electrons. The number of ether oxygens (including phenoxy) is 1. The summed E-state index contributed by atoms with van der Waals surface area (Å²) in [5, 5.41) is 0.427. The first-order chi connectivity index (χ1) is 16.1. The molecule has 0 aromatic heterocycles. The van der Waals surface area contributed by atoms with Gasteiger partial charge in [0.25, 0.3) is 10.0 Å². The second-order valence-corrected chi connectivity index (χ2v) is 12.4. The maximum absolute atomic E-state index is 13.1. The number of ketones is 1. The Morgan fingerprint density at radius 1 is 0.941 bits per heavy atom. The predicted molar refractivity (Wildman–Crippen MR) is 130 cm³/mol. The van der Waals surface area contributed by atoms with Crippen molar-refractivity contribution < 1.29 is 22.7 Å². The molecule has 0 aliphatic heterocycles. The molecule has 4 fully saturated rings. The van der Waals surface area contributed by atoms with Gasteiger partial charge in [0.05, 0.1) is 10.6 Å². The first kappa shape index (κ1) is 23.6. The van der Waals surface area contributed by atoms with E-state index in [1.54, 1.807) is 12.1 Å². The van der Waals surface area contributed by atoms with Gasteiger partial charge in [0, 0.05) is 16.1 Å². The normalized spacial score (nSPS) is 27.4. The van der Waals surface area contributed by atoms with E-state index >= 15 is 0 Å². The second kappa shape index (κ2) is 8.85. The molecule has 9 heteroatoms. The Kier molecular flexibility index (Phi) is 6.15. The zero-order valence-corrected chi connectivity index (χ0v) is 20.8. The van der Waals surface area contributed by atoms with Crippen molar-refractivity contribution in [2.45, 2.75) is 43.4 Å². The lowest BCUT2D eigenvalue weighted by molar-refractivity contribution is -0.147. The summed E-state index contributed by atoms with van der Waals surface area (Å²) < 4.78 is 33.5. The van der Waals surface area contributed by atoms with Crippen LogP contribution in [-0.4, -0.2) is 26.8 Å². The van der Waals surface area contributed by atoms with E-state index in [1.165, 1.54) is 43.5 Å². The smallest absolute Gasteiger partial charge is 0.338 e. The molecule has 4 aliphatic rings. The maximum Gasteiger partial charge on any atom is 0.338 e. The van der Waals surface area contributed by atoms with E-state index in [9.17, 15) is 18.0 Å². The van der Waals surface area contributed by atoms with Gasteiger partial charge in [0.1, 0.15) is 4.90 Å². The topological polar surface area (TPSA) is 89.5 Å². The molecular weight excluding hydrogens is 497 g/mol. The van der Waals surface area contributed by atoms with Gasteiger partial charge in [-0.25, -0.2) is 13.2 Å². The van der Waals surface area contributed by atoms with Crippen LogP contribution in [0.5, 0.6) is 0 Å². The third-order valence-electron chi connectivity index (χ3n) is 7.52. The van der Waals surface area contributed by atoms with Crippen molar-refractivity contribution >= 4 is 50.7 Å². The molecule has 0 saturated heterocycles. The fourth-order valence-electron chi connectivity index (χ4n) is 6.38. The first-order valence-corrected chi connectivity index (χ1v) is 13.7. The summed E-state index contributed by atoms with van der Waals surface area (Å²) in [4.78, 5) is 25.6. The van der Waals surface area contributed by atoms with Crippen LogP contribution >= 0.6 is 23.2 Å². The van der Waals surface area contributed by atoms with Crippen LogP contribution in [0.4, 0.5) is 5.69 Å². The Morgan fingerprint density at radius 3 is 2.12 bits per heavy atom. The van der Waals surface area contributed by atoms with Gasteiger partial charge in [-0.3, -0.25) is 9.52 Å². The quantitative estimate of drug-likeness (QED) is 0.469. The van der Waals surface area contributed by atoms with E-state index < -0.39 is 16.0 Å². The van der Waals surface area contributed by atoms with Crippen LogP contribution in [0.2, 0.25) is 10.0 Å². The highest BCUT2D eigenvalue weighted by Crippen LogP contribution is 2.60. The van der Waals surface area contributed by atoms with Gasteiger partial charge < -0.3 is 4.74 Å². The summed E-state index contributed by atoms with van der Waals surface area (Å²) in [7, 11) is -4.07. The molecular formula is C25H25Cl2NO5S. The number of rotatable bonds is 7. The average Bonchev–Trinajstić information content (AvgIpc) is 2.78. The molecule has 0 spiro atoms. The largest absolute Gasteiger partial charge is 0.454 e. The van der Waals surface area contributed by atoms with Crippen molar-refractivity contribution in [1.82, 2.24) is 0 Å². The van der Waals surface area contributed by atoms with E-state index in [1.807, 2.05) is 0 Å². The number of nitrogens with one attached hydrogen (secondary N) is 1. The molecule has 6 nitrogen and oxygen atoms in total. The highest BCUT2D eigenvalue weighted by atomic mass is 35.5. The number of esters is 1. The van der Waals surface area contributed by atoms with E-state index in [0.717, 1.165) is 25.3 Å². The predicted octanol–water partition coefficient (Wildman–Crippen LogP) is 5.74. The molecule has 0 amide bonds. The Balaban J connectivity index is 1.28. The molecule has 0 atom stereocenters. The summed E-state index contributed by atoms with van der Waals surface area (Å²) in [5.41, 5.74) is -0.0414. The minimum atomic E-state index is -4.07. The number of hydrogen-bond acceptors (Lipinski definition) is 5. The average molecular weight is 522 g/mol. The minimum Gasteiger partial charge on any atom is -0.454 e. The maximum atomic E-state index is 13.1. The first-order valence-electron chi connectivity index (χ1n) is 11.4. The van der Waals surface area contributed by atoms with Crippen molar-refractivity contribution in [1.29, 1.82) is 0 Å². The number of halogens is 2. The second-order valence-electron chi connectivity index (χ2n) is 9.95. The summed E-state index contributed by atoms with van der Waals surface area (Å²) in [6.07, 6.45) is 6.36. The zero-order chi connectivity index (χ0) is 24.1. The lowest BCUT2D eigenvalue weighted by Crippen LogP contribution is -2.51. The molecule has 180 valence electrons. The fraction of sp³-hybridized carbons (Fsp3) is 0.440. The van der Waals surface area contributed by atoms with Gasteiger partial charge >= 0.3 is 5.97 Å². The lowest BCUT2D eigenvalue weighted by atomic mass is 9.48. The van der Waals surface area contributed by atoms with E-state index in [0.29, 0.717) is 28.5 Å². The van der Waals surface area contributed by atoms with Gasteiger partial charge in [0.15, 0.2) is 12.4 Å². The molecule has 0 heterocycles. The van der Waals surface area contributed by atoms with Crippen molar-refractivity contribution in [2.75, 3.05) is 11.3 Å².